The third-order valence-electron chi connectivity index (χ3n) is 4.22. The summed E-state index contributed by atoms with van der Waals surface area (Å²) in [6.45, 7) is -2.93. The molecule has 0 unspecified atom stereocenters. The summed E-state index contributed by atoms with van der Waals surface area (Å²) in [5.41, 5.74) is 1.34. The van der Waals surface area contributed by atoms with Crippen LogP contribution in [0.2, 0.25) is 10.0 Å². The first-order valence-corrected chi connectivity index (χ1v) is 10.3. The number of nitrogens with one attached hydrogen (secondary N) is 1. The number of hydrogen-bond acceptors (Lipinski definition) is 4. The Morgan fingerprint density at radius 1 is 0.909 bits per heavy atom. The summed E-state index contributed by atoms with van der Waals surface area (Å²) in [7, 11) is 0. The largest absolute Gasteiger partial charge is 0.444 e. The number of hydrogen-bond donors (Lipinski definition) is 1. The molecule has 1 atom stereocenters. The number of benzene rings is 3. The van der Waals surface area contributed by atoms with Crippen molar-refractivity contribution in [1.82, 2.24) is 0 Å². The van der Waals surface area contributed by atoms with Crippen molar-refractivity contribution < 1.29 is 27.8 Å². The van der Waals surface area contributed by atoms with Gasteiger partial charge in [0.15, 0.2) is 0 Å². The Balaban J connectivity index is 1.72. The van der Waals surface area contributed by atoms with Gasteiger partial charge < -0.3 is 14.8 Å². The van der Waals surface area contributed by atoms with Crippen LogP contribution in [0.15, 0.2) is 78.9 Å². The Bertz CT molecular complexity index is 1120. The van der Waals surface area contributed by atoms with Gasteiger partial charge in [0.05, 0.1) is 0 Å². The number of amides is 1. The smallest absolute Gasteiger partial charge is 0.387 e. The van der Waals surface area contributed by atoms with Gasteiger partial charge in [-0.2, -0.15) is 8.78 Å². The van der Waals surface area contributed by atoms with Gasteiger partial charge in [0.1, 0.15) is 5.75 Å². The van der Waals surface area contributed by atoms with Crippen molar-refractivity contribution in [3.05, 3.63) is 100 Å². The molecule has 3 aromatic carbocycles. The highest BCUT2D eigenvalue weighted by atomic mass is 35.5. The second-order valence-electron chi connectivity index (χ2n) is 6.66. The molecule has 0 aromatic heterocycles. The first kappa shape index (κ1) is 24.2. The summed E-state index contributed by atoms with van der Waals surface area (Å²) in [5, 5.41) is 3.30. The summed E-state index contributed by atoms with van der Waals surface area (Å²) >= 11 is 11.9. The van der Waals surface area contributed by atoms with Gasteiger partial charge in [-0.25, -0.2) is 4.79 Å². The van der Waals surface area contributed by atoms with E-state index in [-0.39, 0.29) is 5.75 Å². The molecule has 0 fully saturated rings. The van der Waals surface area contributed by atoms with Gasteiger partial charge in [0, 0.05) is 27.4 Å². The van der Waals surface area contributed by atoms with Crippen molar-refractivity contribution in [2.45, 2.75) is 12.7 Å². The maximum absolute atomic E-state index is 12.9. The van der Waals surface area contributed by atoms with E-state index in [2.05, 4.69) is 10.1 Å². The van der Waals surface area contributed by atoms with Gasteiger partial charge in [-0.3, -0.25) is 4.79 Å². The van der Waals surface area contributed by atoms with E-state index in [1.165, 1.54) is 48.5 Å². The monoisotopic (exact) mass is 491 g/mol. The molecule has 0 aliphatic carbocycles. The van der Waals surface area contributed by atoms with Crippen LogP contribution in [-0.4, -0.2) is 18.5 Å². The molecular weight excluding hydrogens is 475 g/mol. The van der Waals surface area contributed by atoms with Crippen molar-refractivity contribution in [2.24, 2.45) is 0 Å². The highest BCUT2D eigenvalue weighted by Crippen LogP contribution is 2.25. The molecule has 3 rings (SSSR count). The standard InChI is InChI=1S/C24H17Cl2F2NO4/c25-17-12-18(26)14-19(13-17)29-23(31)22(16-4-2-1-3-5-16)33-21(30)11-8-15-6-9-20(10-7-15)32-24(27)28/h1-14,22,24H,(H,29,31)/b11-8+/t22-/m1/s1. The SMILES string of the molecule is O=C(/C=C/c1ccc(OC(F)F)cc1)O[C@@H](C(=O)Nc1cc(Cl)cc(Cl)c1)c1ccccc1. The van der Waals surface area contributed by atoms with Gasteiger partial charge in [0.2, 0.25) is 6.10 Å². The molecule has 0 radical (unpaired) electrons. The minimum atomic E-state index is -2.93. The maximum atomic E-state index is 12.9. The van der Waals surface area contributed by atoms with Crippen LogP contribution >= 0.6 is 23.2 Å². The van der Waals surface area contributed by atoms with Crippen LogP contribution in [0, 0.1) is 0 Å². The lowest BCUT2D eigenvalue weighted by molar-refractivity contribution is -0.149. The lowest BCUT2D eigenvalue weighted by atomic mass is 10.1. The number of rotatable bonds is 8. The predicted octanol–water partition coefficient (Wildman–Crippen LogP) is 6.53. The first-order valence-electron chi connectivity index (χ1n) is 9.55. The van der Waals surface area contributed by atoms with E-state index < -0.39 is 24.6 Å². The number of carbonyl (C=O) groups is 2. The van der Waals surface area contributed by atoms with Gasteiger partial charge in [-0.05, 0) is 42.0 Å². The van der Waals surface area contributed by atoms with E-state index in [1.807, 2.05) is 0 Å². The van der Waals surface area contributed by atoms with E-state index in [9.17, 15) is 18.4 Å². The molecule has 5 nitrogen and oxygen atoms in total. The second-order valence-corrected chi connectivity index (χ2v) is 7.53. The van der Waals surface area contributed by atoms with Crippen molar-refractivity contribution in [2.75, 3.05) is 5.32 Å². The Morgan fingerprint density at radius 3 is 2.15 bits per heavy atom. The zero-order chi connectivity index (χ0) is 23.8. The highest BCUT2D eigenvalue weighted by Gasteiger charge is 2.24. The molecule has 0 aliphatic rings. The number of alkyl halides is 2. The molecule has 33 heavy (non-hydrogen) atoms. The Hall–Kier alpha value is -3.42. The van der Waals surface area contributed by atoms with Gasteiger partial charge in [-0.15, -0.1) is 0 Å². The molecule has 0 spiro atoms. The van der Waals surface area contributed by atoms with Crippen LogP contribution in [0.25, 0.3) is 6.08 Å². The fourth-order valence-corrected chi connectivity index (χ4v) is 3.34. The lowest BCUT2D eigenvalue weighted by Gasteiger charge is -2.17. The summed E-state index contributed by atoms with van der Waals surface area (Å²) in [6, 6.07) is 18.7. The van der Waals surface area contributed by atoms with Crippen LogP contribution in [0.4, 0.5) is 14.5 Å². The van der Waals surface area contributed by atoms with Crippen LogP contribution in [0.1, 0.15) is 17.2 Å². The van der Waals surface area contributed by atoms with E-state index in [4.69, 9.17) is 27.9 Å². The average molecular weight is 492 g/mol. The molecule has 0 saturated carbocycles. The van der Waals surface area contributed by atoms with E-state index in [0.717, 1.165) is 6.08 Å². The van der Waals surface area contributed by atoms with Crippen molar-refractivity contribution >= 4 is 46.8 Å². The number of anilines is 1. The third kappa shape index (κ3) is 7.59. The van der Waals surface area contributed by atoms with E-state index in [1.54, 1.807) is 30.3 Å². The molecule has 1 amide bonds. The number of ether oxygens (including phenoxy) is 2. The van der Waals surface area contributed by atoms with Crippen LogP contribution in [0.5, 0.6) is 5.75 Å². The summed E-state index contributed by atoms with van der Waals surface area (Å²) in [5.74, 6) is -1.39. The second kappa shape index (κ2) is 11.4. The Labute approximate surface area is 198 Å². The lowest BCUT2D eigenvalue weighted by Crippen LogP contribution is -2.25. The first-order chi connectivity index (χ1) is 15.8. The summed E-state index contributed by atoms with van der Waals surface area (Å²) < 4.78 is 34.1. The van der Waals surface area contributed by atoms with Gasteiger partial charge in [0.25, 0.3) is 5.91 Å². The van der Waals surface area contributed by atoms with Gasteiger partial charge in [-0.1, -0.05) is 65.7 Å². The quantitative estimate of drug-likeness (QED) is 0.287. The van der Waals surface area contributed by atoms with Crippen LogP contribution in [0.3, 0.4) is 0 Å². The minimum absolute atomic E-state index is 0.00772. The molecule has 0 saturated heterocycles. The fraction of sp³-hybridized carbons (Fsp3) is 0.0833. The summed E-state index contributed by atoms with van der Waals surface area (Å²) in [6.07, 6.45) is 1.30. The predicted molar refractivity (Wildman–Crippen MR) is 122 cm³/mol. The fourth-order valence-electron chi connectivity index (χ4n) is 2.81. The number of carbonyl (C=O) groups excluding carboxylic acids is 2. The van der Waals surface area contributed by atoms with Crippen molar-refractivity contribution in [1.29, 1.82) is 0 Å². The zero-order valence-electron chi connectivity index (χ0n) is 16.9. The van der Waals surface area contributed by atoms with Crippen LogP contribution < -0.4 is 10.1 Å². The normalized spacial score (nSPS) is 11.9. The molecule has 3 aromatic rings. The third-order valence-corrected chi connectivity index (χ3v) is 4.66. The van der Waals surface area contributed by atoms with Crippen molar-refractivity contribution in [3.8, 4) is 5.75 Å². The molecule has 1 N–H and O–H groups in total. The van der Waals surface area contributed by atoms with Gasteiger partial charge >= 0.3 is 12.6 Å². The molecule has 170 valence electrons. The molecule has 0 aliphatic heterocycles. The van der Waals surface area contributed by atoms with Crippen LogP contribution in [-0.2, 0) is 14.3 Å². The molecule has 0 bridgehead atoms. The molecular formula is C24H17Cl2F2NO4. The zero-order valence-corrected chi connectivity index (χ0v) is 18.4. The van der Waals surface area contributed by atoms with Crippen molar-refractivity contribution in [3.63, 3.8) is 0 Å². The summed E-state index contributed by atoms with van der Waals surface area (Å²) in [4.78, 5) is 25.3. The molecule has 9 heteroatoms. The molecule has 0 heterocycles. The number of halogens is 4. The maximum Gasteiger partial charge on any atom is 0.387 e. The number of esters is 1. The highest BCUT2D eigenvalue weighted by molar-refractivity contribution is 6.35. The average Bonchev–Trinajstić information content (AvgIpc) is 2.76. The van der Waals surface area contributed by atoms with E-state index in [0.29, 0.717) is 26.9 Å². The Kier molecular flexibility index (Phi) is 8.40. The minimum Gasteiger partial charge on any atom is -0.444 e. The topological polar surface area (TPSA) is 64.6 Å². The van der Waals surface area contributed by atoms with E-state index >= 15 is 0 Å². The Morgan fingerprint density at radius 2 is 1.55 bits per heavy atom.